The Labute approximate surface area is 189 Å². The maximum atomic E-state index is 13.2. The molecule has 0 saturated carbocycles. The van der Waals surface area contributed by atoms with E-state index < -0.39 is 6.04 Å². The molecule has 0 saturated heterocycles. The van der Waals surface area contributed by atoms with E-state index in [-0.39, 0.29) is 29.4 Å². The van der Waals surface area contributed by atoms with Gasteiger partial charge in [0.2, 0.25) is 11.8 Å². The number of nitrogens with one attached hydrogen (secondary N) is 1. The predicted molar refractivity (Wildman–Crippen MR) is 126 cm³/mol. The minimum Gasteiger partial charge on any atom is -0.352 e. The van der Waals surface area contributed by atoms with Crippen molar-refractivity contribution in [1.82, 2.24) is 10.2 Å². The first-order chi connectivity index (χ1) is 14.8. The number of thioether (sulfide) groups is 1. The van der Waals surface area contributed by atoms with Crippen LogP contribution >= 0.6 is 11.8 Å². The van der Waals surface area contributed by atoms with Gasteiger partial charge in [-0.15, -0.1) is 11.8 Å². The van der Waals surface area contributed by atoms with Crippen LogP contribution < -0.4 is 5.32 Å². The van der Waals surface area contributed by atoms with Crippen molar-refractivity contribution < 1.29 is 14.0 Å². The minimum atomic E-state index is -0.519. The number of halogens is 1. The molecule has 0 spiro atoms. The number of benzene rings is 2. The van der Waals surface area contributed by atoms with E-state index in [2.05, 4.69) is 5.32 Å². The molecule has 6 heteroatoms. The van der Waals surface area contributed by atoms with Crippen molar-refractivity contribution in [3.63, 3.8) is 0 Å². The molecular weight excluding hydrogens is 411 g/mol. The van der Waals surface area contributed by atoms with Crippen LogP contribution in [0.3, 0.4) is 0 Å². The van der Waals surface area contributed by atoms with Crippen LogP contribution in [0.2, 0.25) is 0 Å². The zero-order chi connectivity index (χ0) is 22.8. The fourth-order valence-electron chi connectivity index (χ4n) is 3.17. The first kappa shape index (κ1) is 24.9. The molecule has 0 aliphatic heterocycles. The Morgan fingerprint density at radius 3 is 2.19 bits per heavy atom. The summed E-state index contributed by atoms with van der Waals surface area (Å²) < 4.78 is 13.1. The fraction of sp³-hybridized carbons (Fsp3) is 0.440. The number of carbonyl (C=O) groups excluding carboxylic acids is 2. The molecule has 1 N–H and O–H groups in total. The van der Waals surface area contributed by atoms with Crippen molar-refractivity contribution in [3.05, 3.63) is 71.0 Å². The molecule has 2 rings (SSSR count). The Balaban J connectivity index is 2.12. The van der Waals surface area contributed by atoms with E-state index in [1.807, 2.05) is 52.0 Å². The molecule has 0 bridgehead atoms. The third-order valence-electron chi connectivity index (χ3n) is 5.27. The highest BCUT2D eigenvalue weighted by Gasteiger charge is 2.29. The van der Waals surface area contributed by atoms with Gasteiger partial charge in [-0.1, -0.05) is 55.8 Å². The fourth-order valence-corrected chi connectivity index (χ4v) is 4.04. The first-order valence-electron chi connectivity index (χ1n) is 10.8. The summed E-state index contributed by atoms with van der Waals surface area (Å²) in [6, 6.07) is 13.9. The molecule has 2 aromatic rings. The number of aryl methyl sites for hydroxylation is 1. The van der Waals surface area contributed by atoms with Gasteiger partial charge in [-0.05, 0) is 49.9 Å². The van der Waals surface area contributed by atoms with Gasteiger partial charge < -0.3 is 10.2 Å². The van der Waals surface area contributed by atoms with E-state index in [4.69, 9.17) is 0 Å². The zero-order valence-electron chi connectivity index (χ0n) is 18.9. The smallest absolute Gasteiger partial charge is 0.243 e. The van der Waals surface area contributed by atoms with E-state index in [1.54, 1.807) is 17.0 Å². The summed E-state index contributed by atoms with van der Waals surface area (Å²) in [6.07, 6.45) is 1.38. The topological polar surface area (TPSA) is 49.4 Å². The molecular formula is C25H33FN2O2S. The lowest BCUT2D eigenvalue weighted by atomic mass is 10.1. The maximum absolute atomic E-state index is 13.2. The second-order valence-electron chi connectivity index (χ2n) is 7.87. The molecule has 0 aliphatic rings. The summed E-state index contributed by atoms with van der Waals surface area (Å²) in [6.45, 7) is 8.33. The molecule has 31 heavy (non-hydrogen) atoms. The molecule has 0 aromatic heterocycles. The number of rotatable bonds is 11. The van der Waals surface area contributed by atoms with Crippen LogP contribution in [0.4, 0.5) is 4.39 Å². The second-order valence-corrected chi connectivity index (χ2v) is 8.85. The van der Waals surface area contributed by atoms with E-state index in [9.17, 15) is 14.0 Å². The maximum Gasteiger partial charge on any atom is 0.243 e. The number of amides is 2. The van der Waals surface area contributed by atoms with Gasteiger partial charge in [0.15, 0.2) is 0 Å². The van der Waals surface area contributed by atoms with Gasteiger partial charge in [-0.25, -0.2) is 4.39 Å². The lowest BCUT2D eigenvalue weighted by Crippen LogP contribution is -2.51. The van der Waals surface area contributed by atoms with Crippen LogP contribution in [0.1, 0.15) is 50.3 Å². The third-order valence-corrected chi connectivity index (χ3v) is 6.26. The SMILES string of the molecule is CC[C@H](C(=O)N[C@@H](C)CC)N(Cc1ccc(C)cc1)C(=O)CSCc1ccc(F)cc1. The molecule has 168 valence electrons. The van der Waals surface area contributed by atoms with Crippen LogP contribution in [-0.4, -0.2) is 34.6 Å². The molecule has 2 amide bonds. The normalized spacial score (nSPS) is 12.8. The summed E-state index contributed by atoms with van der Waals surface area (Å²) in [5.41, 5.74) is 3.11. The van der Waals surface area contributed by atoms with Crippen molar-refractivity contribution >= 4 is 23.6 Å². The van der Waals surface area contributed by atoms with Gasteiger partial charge >= 0.3 is 0 Å². The summed E-state index contributed by atoms with van der Waals surface area (Å²) >= 11 is 1.47. The number of carbonyl (C=O) groups is 2. The van der Waals surface area contributed by atoms with Gasteiger partial charge in [0.25, 0.3) is 0 Å². The standard InChI is InChI=1S/C25H33FN2O2S/c1-5-19(4)27-25(30)23(6-2)28(15-20-9-7-18(3)8-10-20)24(29)17-31-16-21-11-13-22(26)14-12-21/h7-14,19,23H,5-6,15-17H2,1-4H3,(H,27,30)/t19-,23+/m0/s1. The number of hydrogen-bond donors (Lipinski definition) is 1. The van der Waals surface area contributed by atoms with E-state index >= 15 is 0 Å². The Hall–Kier alpha value is -2.34. The van der Waals surface area contributed by atoms with Crippen molar-refractivity contribution in [3.8, 4) is 0 Å². The summed E-state index contributed by atoms with van der Waals surface area (Å²) in [5.74, 6) is 0.420. The van der Waals surface area contributed by atoms with Gasteiger partial charge in [0.1, 0.15) is 11.9 Å². The predicted octanol–water partition coefficient (Wildman–Crippen LogP) is 5.09. The summed E-state index contributed by atoms with van der Waals surface area (Å²) in [7, 11) is 0. The molecule has 2 aromatic carbocycles. The second kappa shape index (κ2) is 12.5. The lowest BCUT2D eigenvalue weighted by Gasteiger charge is -2.31. The van der Waals surface area contributed by atoms with Crippen molar-refractivity contribution in [2.24, 2.45) is 0 Å². The molecule has 0 fully saturated rings. The van der Waals surface area contributed by atoms with Crippen LogP contribution in [0, 0.1) is 12.7 Å². The largest absolute Gasteiger partial charge is 0.352 e. The first-order valence-corrected chi connectivity index (χ1v) is 12.0. The van der Waals surface area contributed by atoms with Crippen LogP contribution in [0.25, 0.3) is 0 Å². The molecule has 0 unspecified atom stereocenters. The Kier molecular flexibility index (Phi) is 10.0. The van der Waals surface area contributed by atoms with Crippen molar-refractivity contribution in [2.75, 3.05) is 5.75 Å². The average molecular weight is 445 g/mol. The molecule has 4 nitrogen and oxygen atoms in total. The van der Waals surface area contributed by atoms with Crippen LogP contribution in [-0.2, 0) is 21.9 Å². The highest BCUT2D eigenvalue weighted by atomic mass is 32.2. The van der Waals surface area contributed by atoms with Crippen molar-refractivity contribution in [1.29, 1.82) is 0 Å². The van der Waals surface area contributed by atoms with Gasteiger partial charge in [0.05, 0.1) is 5.75 Å². The molecule has 0 radical (unpaired) electrons. The Morgan fingerprint density at radius 1 is 1.00 bits per heavy atom. The quantitative estimate of drug-likeness (QED) is 0.525. The van der Waals surface area contributed by atoms with E-state index in [1.165, 1.54) is 23.9 Å². The third kappa shape index (κ3) is 8.02. The van der Waals surface area contributed by atoms with E-state index in [0.717, 1.165) is 23.1 Å². The highest BCUT2D eigenvalue weighted by molar-refractivity contribution is 7.99. The Bertz CT molecular complexity index is 840. The Morgan fingerprint density at radius 2 is 1.61 bits per heavy atom. The molecule has 0 aliphatic carbocycles. The number of hydrogen-bond acceptors (Lipinski definition) is 3. The van der Waals surface area contributed by atoms with Gasteiger partial charge in [-0.2, -0.15) is 0 Å². The summed E-state index contributed by atoms with van der Waals surface area (Å²) in [5, 5.41) is 3.02. The monoisotopic (exact) mass is 444 g/mol. The average Bonchev–Trinajstić information content (AvgIpc) is 2.76. The van der Waals surface area contributed by atoms with E-state index in [0.29, 0.717) is 18.7 Å². The number of nitrogens with zero attached hydrogens (tertiary/aromatic N) is 1. The summed E-state index contributed by atoms with van der Waals surface area (Å²) in [4.78, 5) is 27.8. The van der Waals surface area contributed by atoms with Gasteiger partial charge in [0, 0.05) is 18.3 Å². The van der Waals surface area contributed by atoms with Crippen molar-refractivity contribution in [2.45, 2.75) is 64.9 Å². The van der Waals surface area contributed by atoms with Gasteiger partial charge in [-0.3, -0.25) is 9.59 Å². The van der Waals surface area contributed by atoms with Crippen LogP contribution in [0.5, 0.6) is 0 Å². The molecule has 2 atom stereocenters. The van der Waals surface area contributed by atoms with Crippen LogP contribution in [0.15, 0.2) is 48.5 Å². The molecule has 0 heterocycles. The minimum absolute atomic E-state index is 0.0609. The lowest BCUT2D eigenvalue weighted by molar-refractivity contribution is -0.139. The highest BCUT2D eigenvalue weighted by Crippen LogP contribution is 2.18. The zero-order valence-corrected chi connectivity index (χ0v) is 19.7.